The second-order valence-electron chi connectivity index (χ2n) is 9.17. The first kappa shape index (κ1) is 32.1. The molecule has 6 nitrogen and oxygen atoms in total. The van der Waals surface area contributed by atoms with Crippen LogP contribution in [0.3, 0.4) is 0 Å². The maximum atomic E-state index is 14.4. The van der Waals surface area contributed by atoms with Gasteiger partial charge in [-0.1, -0.05) is 40.9 Å². The van der Waals surface area contributed by atoms with Gasteiger partial charge >= 0.3 is 12.1 Å². The molecule has 2 atom stereocenters. The lowest BCUT2D eigenvalue weighted by atomic mass is 10.1. The third kappa shape index (κ3) is 6.55. The summed E-state index contributed by atoms with van der Waals surface area (Å²) in [6.45, 7) is 1.50. The average Bonchev–Trinajstić information content (AvgIpc) is 3.46. The molecule has 0 bridgehead atoms. The van der Waals surface area contributed by atoms with Gasteiger partial charge in [0.2, 0.25) is 5.91 Å². The predicted octanol–water partition coefficient (Wildman–Crippen LogP) is 8.51. The molecule has 3 aromatic rings. The van der Waals surface area contributed by atoms with E-state index >= 15 is 0 Å². The topological polar surface area (TPSA) is 87.3 Å². The van der Waals surface area contributed by atoms with Gasteiger partial charge in [0.25, 0.3) is 5.91 Å². The van der Waals surface area contributed by atoms with E-state index in [2.05, 4.69) is 10.6 Å². The predicted molar refractivity (Wildman–Crippen MR) is 151 cm³/mol. The Morgan fingerprint density at radius 2 is 1.45 bits per heavy atom. The van der Waals surface area contributed by atoms with E-state index in [1.807, 2.05) is 0 Å². The zero-order chi connectivity index (χ0) is 31.3. The normalized spacial score (nSPS) is 17.4. The maximum Gasteiger partial charge on any atom is 0.471 e. The number of carbonyl (C=O) groups is 3. The number of halogens is 10. The van der Waals surface area contributed by atoms with Crippen LogP contribution in [-0.4, -0.2) is 28.2 Å². The Hall–Kier alpha value is -2.83. The number of alkyl halides is 5. The fraction of sp³-hybridized carbons (Fsp3) is 0.192. The summed E-state index contributed by atoms with van der Waals surface area (Å²) in [6.07, 6.45) is -5.35. The molecule has 1 aliphatic rings. The summed E-state index contributed by atoms with van der Waals surface area (Å²) in [5.41, 5.74) is -1.14. The van der Waals surface area contributed by atoms with Crippen molar-refractivity contribution in [1.29, 1.82) is 0 Å². The molecular weight excluding hydrogens is 675 g/mol. The van der Waals surface area contributed by atoms with Crippen molar-refractivity contribution in [3.8, 4) is 0 Å². The van der Waals surface area contributed by atoms with Crippen LogP contribution in [0.25, 0.3) is 0 Å². The molecule has 1 fully saturated rings. The summed E-state index contributed by atoms with van der Waals surface area (Å²) >= 11 is 31.0. The van der Waals surface area contributed by atoms with Gasteiger partial charge in [-0.2, -0.15) is 13.2 Å². The standard InChI is InChI=1S/C26H15Cl5F5N3O3/c1-9-4-11(37-23(41)20-19(25(20,30)31)10-2-3-13(27)14(28)5-10)6-12(21(9)29)22(40)38-17-8-18(16(33)7-15(17)32)39-24(42)26(34,35)36/h2-8,19-20H,1H3,(H,37,41)(H,38,40)(H,39,42)/t19-,20+/m0/s1. The zero-order valence-electron chi connectivity index (χ0n) is 20.7. The Labute approximate surface area is 259 Å². The molecule has 222 valence electrons. The van der Waals surface area contributed by atoms with Crippen molar-refractivity contribution >= 4 is 92.8 Å². The van der Waals surface area contributed by atoms with Crippen molar-refractivity contribution < 1.29 is 36.3 Å². The van der Waals surface area contributed by atoms with Gasteiger partial charge in [-0.25, -0.2) is 8.78 Å². The van der Waals surface area contributed by atoms with E-state index in [9.17, 15) is 36.3 Å². The van der Waals surface area contributed by atoms with E-state index in [0.717, 1.165) is 6.07 Å². The molecule has 0 spiro atoms. The number of amides is 3. The van der Waals surface area contributed by atoms with E-state index in [1.54, 1.807) is 6.07 Å². The first-order chi connectivity index (χ1) is 19.4. The number of nitrogens with one attached hydrogen (secondary N) is 3. The number of aryl methyl sites for hydroxylation is 1. The SMILES string of the molecule is Cc1cc(NC(=O)[C@H]2[C@H](c3ccc(Cl)c(Cl)c3)C2(Cl)Cl)cc(C(=O)Nc2cc(NC(=O)C(F)(F)F)c(F)cc2F)c1Cl. The average molecular weight is 690 g/mol. The Balaban J connectivity index is 1.55. The molecule has 42 heavy (non-hydrogen) atoms. The first-order valence-electron chi connectivity index (χ1n) is 11.5. The molecule has 1 aliphatic carbocycles. The summed E-state index contributed by atoms with van der Waals surface area (Å²) in [4.78, 5) is 37.3. The number of hydrogen-bond donors (Lipinski definition) is 3. The number of hydrogen-bond acceptors (Lipinski definition) is 3. The van der Waals surface area contributed by atoms with Crippen molar-refractivity contribution in [2.24, 2.45) is 5.92 Å². The van der Waals surface area contributed by atoms with Crippen LogP contribution in [0.4, 0.5) is 39.0 Å². The van der Waals surface area contributed by atoms with Gasteiger partial charge in [0.15, 0.2) is 0 Å². The summed E-state index contributed by atoms with van der Waals surface area (Å²) in [5, 5.41) is 6.34. The van der Waals surface area contributed by atoms with Crippen LogP contribution in [0.15, 0.2) is 42.5 Å². The molecule has 0 heterocycles. The lowest BCUT2D eigenvalue weighted by Crippen LogP contribution is -2.30. The molecular formula is C26H15Cl5F5N3O3. The van der Waals surface area contributed by atoms with Gasteiger partial charge in [-0.3, -0.25) is 14.4 Å². The van der Waals surface area contributed by atoms with Gasteiger partial charge in [-0.05, 0) is 48.4 Å². The van der Waals surface area contributed by atoms with Crippen LogP contribution in [0.1, 0.15) is 27.4 Å². The third-order valence-electron chi connectivity index (χ3n) is 6.22. The van der Waals surface area contributed by atoms with Gasteiger partial charge in [0, 0.05) is 17.7 Å². The van der Waals surface area contributed by atoms with Crippen molar-refractivity contribution in [2.75, 3.05) is 16.0 Å². The summed E-state index contributed by atoms with van der Waals surface area (Å²) in [5.74, 6) is -8.63. The highest BCUT2D eigenvalue weighted by molar-refractivity contribution is 6.53. The van der Waals surface area contributed by atoms with Gasteiger partial charge < -0.3 is 16.0 Å². The second-order valence-corrected chi connectivity index (χ2v) is 11.8. The second kappa shape index (κ2) is 11.7. The van der Waals surface area contributed by atoms with Crippen LogP contribution in [0.2, 0.25) is 15.1 Å². The minimum atomic E-state index is -5.35. The number of rotatable bonds is 6. The van der Waals surface area contributed by atoms with Crippen LogP contribution in [0, 0.1) is 24.5 Å². The fourth-order valence-corrected chi connectivity index (χ4v) is 5.45. The largest absolute Gasteiger partial charge is 0.471 e. The summed E-state index contributed by atoms with van der Waals surface area (Å²) < 4.78 is 64.6. The molecule has 3 N–H and O–H groups in total. The van der Waals surface area contributed by atoms with Gasteiger partial charge in [-0.15, -0.1) is 23.2 Å². The summed E-state index contributed by atoms with van der Waals surface area (Å²) in [6, 6.07) is 7.91. The monoisotopic (exact) mass is 687 g/mol. The minimum Gasteiger partial charge on any atom is -0.326 e. The van der Waals surface area contributed by atoms with Crippen LogP contribution < -0.4 is 16.0 Å². The highest BCUT2D eigenvalue weighted by atomic mass is 35.5. The molecule has 0 unspecified atom stereocenters. The fourth-order valence-electron chi connectivity index (χ4n) is 4.12. The lowest BCUT2D eigenvalue weighted by molar-refractivity contribution is -0.167. The van der Waals surface area contributed by atoms with Crippen molar-refractivity contribution in [1.82, 2.24) is 0 Å². The number of benzene rings is 3. The summed E-state index contributed by atoms with van der Waals surface area (Å²) in [7, 11) is 0. The lowest BCUT2D eigenvalue weighted by Gasteiger charge is -2.14. The van der Waals surface area contributed by atoms with E-state index in [-0.39, 0.29) is 27.4 Å². The minimum absolute atomic E-state index is 0.0775. The molecule has 1 saturated carbocycles. The van der Waals surface area contributed by atoms with E-state index in [1.165, 1.54) is 30.4 Å². The van der Waals surface area contributed by atoms with Gasteiger partial charge in [0.05, 0.1) is 37.9 Å². The Morgan fingerprint density at radius 3 is 2.05 bits per heavy atom. The number of carbonyl (C=O) groups excluding carboxylic acids is 3. The molecule has 3 aromatic carbocycles. The quantitative estimate of drug-likeness (QED) is 0.179. The smallest absolute Gasteiger partial charge is 0.326 e. The van der Waals surface area contributed by atoms with Crippen molar-refractivity contribution in [2.45, 2.75) is 23.4 Å². The van der Waals surface area contributed by atoms with Crippen LogP contribution in [0.5, 0.6) is 0 Å². The maximum absolute atomic E-state index is 14.4. The third-order valence-corrected chi connectivity index (χ3v) is 8.40. The Morgan fingerprint density at radius 1 is 0.833 bits per heavy atom. The van der Waals surface area contributed by atoms with Crippen LogP contribution in [-0.2, 0) is 9.59 Å². The van der Waals surface area contributed by atoms with Crippen LogP contribution >= 0.6 is 58.0 Å². The van der Waals surface area contributed by atoms with Gasteiger partial charge in [0.1, 0.15) is 16.0 Å². The van der Waals surface area contributed by atoms with E-state index < -0.39 is 63.1 Å². The molecule has 4 rings (SSSR count). The molecule has 0 radical (unpaired) electrons. The highest BCUT2D eigenvalue weighted by Crippen LogP contribution is 2.65. The Bertz CT molecular complexity index is 1630. The van der Waals surface area contributed by atoms with Crippen molar-refractivity contribution in [3.63, 3.8) is 0 Å². The zero-order valence-corrected chi connectivity index (χ0v) is 24.5. The molecule has 0 aliphatic heterocycles. The molecule has 3 amide bonds. The van der Waals surface area contributed by atoms with Crippen molar-refractivity contribution in [3.05, 3.63) is 85.9 Å². The van der Waals surface area contributed by atoms with E-state index in [0.29, 0.717) is 22.2 Å². The highest BCUT2D eigenvalue weighted by Gasteiger charge is 2.67. The molecule has 0 saturated heterocycles. The van der Waals surface area contributed by atoms with E-state index in [4.69, 9.17) is 58.0 Å². The first-order valence-corrected chi connectivity index (χ1v) is 13.4. The molecule has 0 aromatic heterocycles. The Kier molecular flexibility index (Phi) is 8.93. The molecule has 16 heteroatoms. The number of anilines is 3.